The van der Waals surface area contributed by atoms with Gasteiger partial charge in [0, 0.05) is 42.1 Å². The Bertz CT molecular complexity index is 1260. The zero-order valence-electron chi connectivity index (χ0n) is 19.2. The highest BCUT2D eigenvalue weighted by molar-refractivity contribution is 6.07. The Labute approximate surface area is 203 Å². The number of amides is 3. The van der Waals surface area contributed by atoms with Crippen LogP contribution in [0.25, 0.3) is 0 Å². The van der Waals surface area contributed by atoms with E-state index in [9.17, 15) is 18.8 Å². The molecule has 5 rings (SSSR count). The average molecular weight is 472 g/mol. The van der Waals surface area contributed by atoms with Crippen molar-refractivity contribution in [1.29, 1.82) is 0 Å². The molecule has 0 radical (unpaired) electrons. The van der Waals surface area contributed by atoms with Crippen LogP contribution in [0, 0.1) is 11.7 Å². The number of fused-ring (bicyclic) bond motifs is 1. The number of piperidine rings is 1. The summed E-state index contributed by atoms with van der Waals surface area (Å²) in [5.74, 6) is -1.15. The molecule has 7 heteroatoms. The topological polar surface area (TPSA) is 69.7 Å². The highest BCUT2D eigenvalue weighted by atomic mass is 19.1. The molecule has 178 valence electrons. The predicted molar refractivity (Wildman–Crippen MR) is 132 cm³/mol. The molecule has 3 aromatic rings. The summed E-state index contributed by atoms with van der Waals surface area (Å²) in [6.45, 7) is 1.54. The molecular weight excluding hydrogens is 445 g/mol. The van der Waals surface area contributed by atoms with Crippen molar-refractivity contribution >= 4 is 29.1 Å². The van der Waals surface area contributed by atoms with Crippen LogP contribution in [0.15, 0.2) is 72.8 Å². The molecule has 6 nitrogen and oxygen atoms in total. The maximum atomic E-state index is 13.2. The largest absolute Gasteiger partial charge is 0.338 e. The van der Waals surface area contributed by atoms with Crippen LogP contribution in [0.5, 0.6) is 0 Å². The van der Waals surface area contributed by atoms with Gasteiger partial charge >= 0.3 is 0 Å². The number of carbonyl (C=O) groups excluding carboxylic acids is 3. The molecule has 3 amide bonds. The number of benzene rings is 3. The Morgan fingerprint density at radius 3 is 2.29 bits per heavy atom. The lowest BCUT2D eigenvalue weighted by molar-refractivity contribution is -0.121. The van der Waals surface area contributed by atoms with Gasteiger partial charge in [-0.2, -0.15) is 0 Å². The third-order valence-corrected chi connectivity index (χ3v) is 6.70. The minimum absolute atomic E-state index is 0.0601. The fourth-order valence-electron chi connectivity index (χ4n) is 4.80. The van der Waals surface area contributed by atoms with E-state index in [1.165, 1.54) is 29.8 Å². The van der Waals surface area contributed by atoms with E-state index in [1.807, 2.05) is 24.3 Å². The van der Waals surface area contributed by atoms with E-state index in [2.05, 4.69) is 5.32 Å². The molecule has 1 atom stereocenters. The van der Waals surface area contributed by atoms with Gasteiger partial charge in [0.05, 0.1) is 5.92 Å². The van der Waals surface area contributed by atoms with Crippen LogP contribution in [0.4, 0.5) is 15.8 Å². The normalized spacial score (nSPS) is 17.1. The third kappa shape index (κ3) is 4.80. The fourth-order valence-corrected chi connectivity index (χ4v) is 4.80. The molecule has 0 aliphatic carbocycles. The summed E-state index contributed by atoms with van der Waals surface area (Å²) in [5.41, 5.74) is 3.70. The van der Waals surface area contributed by atoms with E-state index in [0.717, 1.165) is 18.5 Å². The Hall–Kier alpha value is -4.00. The van der Waals surface area contributed by atoms with Crippen molar-refractivity contribution in [2.75, 3.05) is 29.9 Å². The lowest BCUT2D eigenvalue weighted by Gasteiger charge is -2.32. The van der Waals surface area contributed by atoms with Gasteiger partial charge in [-0.25, -0.2) is 4.39 Å². The zero-order valence-corrected chi connectivity index (χ0v) is 19.2. The number of hydrogen-bond acceptors (Lipinski definition) is 3. The van der Waals surface area contributed by atoms with Crippen molar-refractivity contribution in [1.82, 2.24) is 4.90 Å². The molecule has 0 bridgehead atoms. The molecule has 1 N–H and O–H groups in total. The van der Waals surface area contributed by atoms with Crippen LogP contribution in [0.1, 0.15) is 39.1 Å². The molecule has 0 saturated carbocycles. The lowest BCUT2D eigenvalue weighted by atomic mass is 9.96. The first-order valence-electron chi connectivity index (χ1n) is 11.8. The monoisotopic (exact) mass is 471 g/mol. The second kappa shape index (κ2) is 9.70. The van der Waals surface area contributed by atoms with Gasteiger partial charge in [-0.05, 0) is 79.4 Å². The van der Waals surface area contributed by atoms with Gasteiger partial charge in [-0.15, -0.1) is 0 Å². The summed E-state index contributed by atoms with van der Waals surface area (Å²) < 4.78 is 13.2. The summed E-state index contributed by atoms with van der Waals surface area (Å²) in [6.07, 6.45) is 2.25. The van der Waals surface area contributed by atoms with E-state index in [1.54, 1.807) is 34.1 Å². The molecule has 0 spiro atoms. The van der Waals surface area contributed by atoms with Crippen molar-refractivity contribution < 1.29 is 18.8 Å². The van der Waals surface area contributed by atoms with Crippen LogP contribution in [0.2, 0.25) is 0 Å². The molecule has 3 aromatic carbocycles. The number of hydrogen-bond donors (Lipinski definition) is 1. The summed E-state index contributed by atoms with van der Waals surface area (Å²) in [4.78, 5) is 42.1. The van der Waals surface area contributed by atoms with E-state index in [0.29, 0.717) is 42.9 Å². The Morgan fingerprint density at radius 1 is 0.829 bits per heavy atom. The average Bonchev–Trinajstić information content (AvgIpc) is 3.33. The number of carbonyl (C=O) groups is 3. The summed E-state index contributed by atoms with van der Waals surface area (Å²) in [5, 5.41) is 2.92. The van der Waals surface area contributed by atoms with Crippen molar-refractivity contribution in [2.24, 2.45) is 5.92 Å². The number of nitrogens with zero attached hydrogens (tertiary/aromatic N) is 2. The van der Waals surface area contributed by atoms with E-state index < -0.39 is 5.82 Å². The van der Waals surface area contributed by atoms with Gasteiger partial charge < -0.3 is 15.1 Å². The van der Waals surface area contributed by atoms with Crippen LogP contribution < -0.4 is 10.2 Å². The Morgan fingerprint density at radius 2 is 1.51 bits per heavy atom. The van der Waals surface area contributed by atoms with Crippen molar-refractivity contribution in [3.05, 3.63) is 95.3 Å². The first-order chi connectivity index (χ1) is 17.0. The number of likely N-dealkylation sites (tertiary alicyclic amines) is 1. The van der Waals surface area contributed by atoms with Gasteiger partial charge in [0.25, 0.3) is 11.8 Å². The quantitative estimate of drug-likeness (QED) is 0.608. The van der Waals surface area contributed by atoms with Crippen molar-refractivity contribution in [3.63, 3.8) is 0 Å². The molecule has 1 saturated heterocycles. The smallest absolute Gasteiger partial charge is 0.258 e. The molecule has 0 aromatic heterocycles. The van der Waals surface area contributed by atoms with Gasteiger partial charge in [-0.3, -0.25) is 14.4 Å². The van der Waals surface area contributed by atoms with Crippen LogP contribution in [-0.2, 0) is 11.2 Å². The molecule has 2 aliphatic heterocycles. The van der Waals surface area contributed by atoms with Gasteiger partial charge in [0.1, 0.15) is 5.82 Å². The van der Waals surface area contributed by atoms with Crippen molar-refractivity contribution in [2.45, 2.75) is 19.3 Å². The summed E-state index contributed by atoms with van der Waals surface area (Å²) in [6, 6.07) is 20.3. The second-order valence-electron chi connectivity index (χ2n) is 9.00. The van der Waals surface area contributed by atoms with Crippen molar-refractivity contribution in [3.8, 4) is 0 Å². The standard InChI is InChI=1S/C28H26FN3O3/c29-23-11-7-20(8-12-23)27(34)31-16-3-5-22(18-31)26(33)30-24-13-9-21(10-14-24)28(35)32-17-15-19-4-1-2-6-25(19)32/h1-2,4,6-14,22H,3,5,15-18H2,(H,30,33). The van der Waals surface area contributed by atoms with Gasteiger partial charge in [0.2, 0.25) is 5.91 Å². The van der Waals surface area contributed by atoms with Crippen LogP contribution in [0.3, 0.4) is 0 Å². The number of nitrogens with one attached hydrogen (secondary N) is 1. The first-order valence-corrected chi connectivity index (χ1v) is 11.8. The van der Waals surface area contributed by atoms with Gasteiger partial charge in [0.15, 0.2) is 0 Å². The molecular formula is C28H26FN3O3. The summed E-state index contributed by atoms with van der Waals surface area (Å²) >= 11 is 0. The highest BCUT2D eigenvalue weighted by Gasteiger charge is 2.29. The highest BCUT2D eigenvalue weighted by Crippen LogP contribution is 2.29. The minimum Gasteiger partial charge on any atom is -0.338 e. The number of para-hydroxylation sites is 1. The second-order valence-corrected chi connectivity index (χ2v) is 9.00. The molecule has 35 heavy (non-hydrogen) atoms. The molecule has 2 aliphatic rings. The first kappa shape index (κ1) is 22.8. The predicted octanol–water partition coefficient (Wildman–Crippen LogP) is 4.52. The molecule has 1 fully saturated rings. The SMILES string of the molecule is O=C(Nc1ccc(C(=O)N2CCc3ccccc32)cc1)C1CCCN(C(=O)c2ccc(F)cc2)C1. The maximum Gasteiger partial charge on any atom is 0.258 e. The molecule has 1 unspecified atom stereocenters. The zero-order chi connectivity index (χ0) is 24.4. The summed E-state index contributed by atoms with van der Waals surface area (Å²) in [7, 11) is 0. The minimum atomic E-state index is -0.393. The lowest BCUT2D eigenvalue weighted by Crippen LogP contribution is -2.43. The number of rotatable bonds is 4. The van der Waals surface area contributed by atoms with Gasteiger partial charge in [-0.1, -0.05) is 18.2 Å². The van der Waals surface area contributed by atoms with E-state index in [-0.39, 0.29) is 23.6 Å². The fraction of sp³-hybridized carbons (Fsp3) is 0.250. The van der Waals surface area contributed by atoms with Crippen LogP contribution >= 0.6 is 0 Å². The third-order valence-electron chi connectivity index (χ3n) is 6.70. The number of anilines is 2. The molecule has 2 heterocycles. The Kier molecular flexibility index (Phi) is 6.31. The number of halogens is 1. The van der Waals surface area contributed by atoms with Crippen LogP contribution in [-0.4, -0.2) is 42.3 Å². The maximum absolute atomic E-state index is 13.2. The van der Waals surface area contributed by atoms with E-state index in [4.69, 9.17) is 0 Å². The van der Waals surface area contributed by atoms with E-state index >= 15 is 0 Å². The Balaban J connectivity index is 1.20.